The van der Waals surface area contributed by atoms with Gasteiger partial charge in [0.15, 0.2) is 0 Å². The molecule has 10 heteroatoms. The van der Waals surface area contributed by atoms with E-state index in [4.69, 9.17) is 0 Å². The topological polar surface area (TPSA) is 69.5 Å². The van der Waals surface area contributed by atoms with Gasteiger partial charge in [-0.25, -0.2) is 19.4 Å². The Labute approximate surface area is 244 Å². The minimum absolute atomic E-state index is 0.185. The maximum atomic E-state index is 13.7. The van der Waals surface area contributed by atoms with Gasteiger partial charge in [-0.05, 0) is 77.8 Å². The Kier molecular flexibility index (Phi) is 7.33. The Morgan fingerprint density at radius 1 is 0.857 bits per heavy atom. The Balaban J connectivity index is 1.18. The van der Waals surface area contributed by atoms with Gasteiger partial charge in [0.25, 0.3) is 0 Å². The van der Waals surface area contributed by atoms with Crippen molar-refractivity contribution in [2.75, 3.05) is 44.8 Å². The summed E-state index contributed by atoms with van der Waals surface area (Å²) in [5.74, 6) is -0.185. The molecule has 3 aromatic carbocycles. The van der Waals surface area contributed by atoms with E-state index in [-0.39, 0.29) is 5.82 Å². The van der Waals surface area contributed by atoms with E-state index in [2.05, 4.69) is 77.4 Å². The number of likely N-dealkylation sites (N-methyl/N-ethyl adjacent to an activating group) is 1. The fourth-order valence-corrected chi connectivity index (χ4v) is 5.94. The van der Waals surface area contributed by atoms with Gasteiger partial charge in [0.1, 0.15) is 12.1 Å². The van der Waals surface area contributed by atoms with Gasteiger partial charge in [0.2, 0.25) is 0 Å². The van der Waals surface area contributed by atoms with Gasteiger partial charge < -0.3 is 4.90 Å². The van der Waals surface area contributed by atoms with Crippen LogP contribution in [0.2, 0.25) is 0 Å². The zero-order chi connectivity index (χ0) is 28.5. The molecular formula is C32H34FN9. The SMILES string of the molecule is CN1CCN(Cc2cn(N(c3ccc4c(c3)CCN(Cc3cccc(F)c3)C4)c3ccc4ncncc4c3)nn2)CC1. The molecule has 2 aromatic heterocycles. The number of hydrogen-bond acceptors (Lipinski definition) is 8. The first-order chi connectivity index (χ1) is 20.6. The zero-order valence-corrected chi connectivity index (χ0v) is 23.8. The predicted molar refractivity (Wildman–Crippen MR) is 161 cm³/mol. The van der Waals surface area contributed by atoms with Crippen molar-refractivity contribution in [3.8, 4) is 0 Å². The summed E-state index contributed by atoms with van der Waals surface area (Å²) in [6.07, 6.45) is 6.36. The molecule has 0 unspecified atom stereocenters. The van der Waals surface area contributed by atoms with E-state index in [0.717, 1.165) is 92.3 Å². The lowest BCUT2D eigenvalue weighted by Gasteiger charge is -2.31. The zero-order valence-electron chi connectivity index (χ0n) is 23.8. The molecule has 0 spiro atoms. The van der Waals surface area contributed by atoms with Crippen LogP contribution in [0.15, 0.2) is 79.4 Å². The van der Waals surface area contributed by atoms with Gasteiger partial charge in [-0.3, -0.25) is 9.80 Å². The summed E-state index contributed by atoms with van der Waals surface area (Å²) in [6, 6.07) is 19.7. The smallest absolute Gasteiger partial charge is 0.123 e. The molecule has 42 heavy (non-hydrogen) atoms. The Morgan fingerprint density at radius 3 is 2.60 bits per heavy atom. The maximum Gasteiger partial charge on any atom is 0.123 e. The van der Waals surface area contributed by atoms with Crippen LogP contribution in [-0.2, 0) is 26.1 Å². The van der Waals surface area contributed by atoms with Crippen LogP contribution in [0.3, 0.4) is 0 Å². The molecule has 7 rings (SSSR count). The minimum atomic E-state index is -0.185. The summed E-state index contributed by atoms with van der Waals surface area (Å²) in [5, 5.41) is 12.2. The van der Waals surface area contributed by atoms with Crippen molar-refractivity contribution in [2.24, 2.45) is 0 Å². The molecule has 5 aromatic rings. The van der Waals surface area contributed by atoms with Crippen LogP contribution in [-0.4, -0.2) is 79.5 Å². The summed E-state index contributed by atoms with van der Waals surface area (Å²) in [7, 11) is 2.17. The van der Waals surface area contributed by atoms with E-state index in [0.29, 0.717) is 0 Å². The molecular weight excluding hydrogens is 529 g/mol. The van der Waals surface area contributed by atoms with E-state index in [1.807, 2.05) is 29.3 Å². The number of fused-ring (bicyclic) bond motifs is 2. The van der Waals surface area contributed by atoms with Crippen LogP contribution >= 0.6 is 0 Å². The molecule has 0 saturated carbocycles. The summed E-state index contributed by atoms with van der Waals surface area (Å²) < 4.78 is 13.7. The van der Waals surface area contributed by atoms with E-state index < -0.39 is 0 Å². The van der Waals surface area contributed by atoms with E-state index >= 15 is 0 Å². The normalized spacial score (nSPS) is 16.5. The largest absolute Gasteiger partial charge is 0.304 e. The van der Waals surface area contributed by atoms with Gasteiger partial charge in [-0.2, -0.15) is 4.79 Å². The highest BCUT2D eigenvalue weighted by molar-refractivity contribution is 5.83. The number of nitrogens with zero attached hydrogens (tertiary/aromatic N) is 9. The average molecular weight is 564 g/mol. The summed E-state index contributed by atoms with van der Waals surface area (Å²) in [5.41, 5.74) is 7.42. The molecule has 1 fully saturated rings. The fourth-order valence-electron chi connectivity index (χ4n) is 5.94. The van der Waals surface area contributed by atoms with Crippen molar-refractivity contribution in [3.05, 3.63) is 108 Å². The van der Waals surface area contributed by atoms with Crippen molar-refractivity contribution in [1.29, 1.82) is 0 Å². The Morgan fingerprint density at radius 2 is 1.71 bits per heavy atom. The minimum Gasteiger partial charge on any atom is -0.304 e. The third-order valence-corrected chi connectivity index (χ3v) is 8.27. The van der Waals surface area contributed by atoms with Crippen LogP contribution in [0.4, 0.5) is 15.8 Å². The van der Waals surface area contributed by atoms with Gasteiger partial charge in [0.05, 0.1) is 28.8 Å². The monoisotopic (exact) mass is 563 g/mol. The predicted octanol–water partition coefficient (Wildman–Crippen LogP) is 4.27. The van der Waals surface area contributed by atoms with Crippen molar-refractivity contribution in [1.82, 2.24) is 39.8 Å². The maximum absolute atomic E-state index is 13.7. The van der Waals surface area contributed by atoms with Gasteiger partial charge in [-0.15, -0.1) is 5.10 Å². The Bertz CT molecular complexity index is 1690. The van der Waals surface area contributed by atoms with E-state index in [9.17, 15) is 4.39 Å². The van der Waals surface area contributed by atoms with Crippen LogP contribution in [0.5, 0.6) is 0 Å². The quantitative estimate of drug-likeness (QED) is 0.291. The fraction of sp³-hybridized carbons (Fsp3) is 0.312. The van der Waals surface area contributed by atoms with Crippen molar-refractivity contribution < 1.29 is 4.39 Å². The first-order valence-corrected chi connectivity index (χ1v) is 14.5. The molecule has 214 valence electrons. The summed E-state index contributed by atoms with van der Waals surface area (Å²) in [4.78, 5) is 17.6. The summed E-state index contributed by atoms with van der Waals surface area (Å²) in [6.45, 7) is 7.44. The molecule has 4 heterocycles. The number of anilines is 2. The molecule has 1 saturated heterocycles. The lowest BCUT2D eigenvalue weighted by Crippen LogP contribution is -2.43. The highest BCUT2D eigenvalue weighted by Gasteiger charge is 2.22. The van der Waals surface area contributed by atoms with Crippen LogP contribution in [0, 0.1) is 5.82 Å². The first-order valence-electron chi connectivity index (χ1n) is 14.5. The van der Waals surface area contributed by atoms with Crippen molar-refractivity contribution in [3.63, 3.8) is 0 Å². The molecule has 0 N–H and O–H groups in total. The van der Waals surface area contributed by atoms with Gasteiger partial charge in [-0.1, -0.05) is 18.2 Å². The van der Waals surface area contributed by atoms with Crippen LogP contribution < -0.4 is 5.01 Å². The summed E-state index contributed by atoms with van der Waals surface area (Å²) >= 11 is 0. The first kappa shape index (κ1) is 26.6. The average Bonchev–Trinajstić information content (AvgIpc) is 3.46. The van der Waals surface area contributed by atoms with Crippen LogP contribution in [0.1, 0.15) is 22.4 Å². The molecule has 0 aliphatic carbocycles. The number of aromatic nitrogens is 5. The standard InChI is InChI=1S/C32H34FN9/c1-38-11-13-39(14-12-38)21-29-22-41(37-36-29)42(31-7-8-32-27(17-31)18-34-23-35-32)30-6-5-26-20-40(10-9-25(26)16-30)19-24-3-2-4-28(33)15-24/h2-8,15-18,22-23H,9-14,19-21H2,1H3. The number of hydrogen-bond donors (Lipinski definition) is 0. The second kappa shape index (κ2) is 11.6. The number of benzene rings is 3. The number of piperazine rings is 1. The third kappa shape index (κ3) is 5.74. The van der Waals surface area contributed by atoms with Gasteiger partial charge >= 0.3 is 0 Å². The highest BCUT2D eigenvalue weighted by atomic mass is 19.1. The van der Waals surface area contributed by atoms with Gasteiger partial charge in [0, 0.05) is 63.9 Å². The van der Waals surface area contributed by atoms with Crippen molar-refractivity contribution in [2.45, 2.75) is 26.1 Å². The Hall–Kier alpha value is -4.25. The number of halogens is 1. The number of rotatable bonds is 7. The second-order valence-corrected chi connectivity index (χ2v) is 11.3. The lowest BCUT2D eigenvalue weighted by molar-refractivity contribution is 0.147. The molecule has 0 amide bonds. The molecule has 2 aliphatic heterocycles. The lowest BCUT2D eigenvalue weighted by atomic mass is 9.98. The third-order valence-electron chi connectivity index (χ3n) is 8.27. The molecule has 2 aliphatic rings. The molecule has 0 bridgehead atoms. The van der Waals surface area contributed by atoms with E-state index in [1.165, 1.54) is 17.2 Å². The van der Waals surface area contributed by atoms with Crippen LogP contribution in [0.25, 0.3) is 10.9 Å². The van der Waals surface area contributed by atoms with Crippen molar-refractivity contribution >= 4 is 22.3 Å². The molecule has 9 nitrogen and oxygen atoms in total. The van der Waals surface area contributed by atoms with E-state index in [1.54, 1.807) is 18.5 Å². The molecule has 0 radical (unpaired) electrons. The highest BCUT2D eigenvalue weighted by Crippen LogP contribution is 2.32. The molecule has 0 atom stereocenters. The second-order valence-electron chi connectivity index (χ2n) is 11.3.